The molecular formula is C11H20Cl2N2O2. The molecule has 1 aromatic rings. The van der Waals surface area contributed by atoms with Crippen molar-refractivity contribution < 1.29 is 9.21 Å². The molecule has 1 heterocycles. The largest absolute Gasteiger partial charge is 0.436 e. The molecule has 0 radical (unpaired) electrons. The van der Waals surface area contributed by atoms with Crippen molar-refractivity contribution in [3.05, 3.63) is 17.3 Å². The lowest BCUT2D eigenvalue weighted by molar-refractivity contribution is 0.0971. The molecule has 1 amide bonds. The maximum atomic E-state index is 11.0. The van der Waals surface area contributed by atoms with Crippen LogP contribution in [-0.4, -0.2) is 10.9 Å². The van der Waals surface area contributed by atoms with E-state index in [2.05, 4.69) is 11.9 Å². The number of primary amides is 1. The molecule has 0 saturated heterocycles. The Morgan fingerprint density at radius 1 is 1.29 bits per heavy atom. The maximum absolute atomic E-state index is 11.0. The zero-order valence-electron chi connectivity index (χ0n) is 10.2. The highest BCUT2D eigenvalue weighted by atomic mass is 35.5. The minimum atomic E-state index is -0.527. The van der Waals surface area contributed by atoms with Crippen molar-refractivity contribution in [1.82, 2.24) is 4.98 Å². The molecule has 100 valence electrons. The number of nitrogens with zero attached hydrogens (tertiary/aromatic N) is 1. The van der Waals surface area contributed by atoms with Gasteiger partial charge in [0.05, 0.1) is 5.69 Å². The number of nitrogens with two attached hydrogens (primary N) is 1. The normalized spacial score (nSPS) is 9.29. The molecule has 0 bridgehead atoms. The van der Waals surface area contributed by atoms with Gasteiger partial charge >= 0.3 is 0 Å². The summed E-state index contributed by atoms with van der Waals surface area (Å²) in [6.07, 6.45) is 5.36. The van der Waals surface area contributed by atoms with Gasteiger partial charge in [-0.15, -0.1) is 24.8 Å². The van der Waals surface area contributed by atoms with Crippen molar-refractivity contribution in [3.8, 4) is 0 Å². The van der Waals surface area contributed by atoms with E-state index in [0.29, 0.717) is 11.6 Å². The molecule has 0 saturated carbocycles. The van der Waals surface area contributed by atoms with Crippen LogP contribution in [0.25, 0.3) is 0 Å². The molecule has 2 N–H and O–H groups in total. The zero-order valence-corrected chi connectivity index (χ0v) is 11.8. The molecule has 0 atom stereocenters. The standard InChI is InChI=1S/C11H18N2O2.2ClH/c1-3-4-5-6-7-9-10(11(12)14)15-8(2)13-9;;/h3-7H2,1-2H3,(H2,12,14);2*1H. The number of rotatable bonds is 6. The Labute approximate surface area is 114 Å². The quantitative estimate of drug-likeness (QED) is 0.816. The molecule has 0 unspecified atom stereocenters. The van der Waals surface area contributed by atoms with Crippen LogP contribution in [-0.2, 0) is 6.42 Å². The average Bonchev–Trinajstić information content (AvgIpc) is 2.55. The first-order valence-corrected chi connectivity index (χ1v) is 5.41. The van der Waals surface area contributed by atoms with Crippen LogP contribution >= 0.6 is 24.8 Å². The Hall–Kier alpha value is -0.740. The highest BCUT2D eigenvalue weighted by molar-refractivity contribution is 5.90. The van der Waals surface area contributed by atoms with E-state index in [1.165, 1.54) is 12.8 Å². The summed E-state index contributed by atoms with van der Waals surface area (Å²) in [4.78, 5) is 15.2. The highest BCUT2D eigenvalue weighted by Crippen LogP contribution is 2.13. The number of aryl methyl sites for hydroxylation is 2. The van der Waals surface area contributed by atoms with Gasteiger partial charge in [-0.1, -0.05) is 26.2 Å². The van der Waals surface area contributed by atoms with Crippen LogP contribution in [0.1, 0.15) is 54.7 Å². The van der Waals surface area contributed by atoms with Gasteiger partial charge in [0, 0.05) is 6.92 Å². The smallest absolute Gasteiger partial charge is 0.286 e. The van der Waals surface area contributed by atoms with Gasteiger partial charge in [-0.3, -0.25) is 4.79 Å². The van der Waals surface area contributed by atoms with Crippen LogP contribution in [0.2, 0.25) is 0 Å². The van der Waals surface area contributed by atoms with Crippen LogP contribution in [0, 0.1) is 6.92 Å². The molecule has 1 rings (SSSR count). The third-order valence-corrected chi connectivity index (χ3v) is 2.30. The van der Waals surface area contributed by atoms with E-state index >= 15 is 0 Å². The topological polar surface area (TPSA) is 69.1 Å². The molecule has 4 nitrogen and oxygen atoms in total. The fourth-order valence-electron chi connectivity index (χ4n) is 1.55. The first-order valence-electron chi connectivity index (χ1n) is 5.41. The van der Waals surface area contributed by atoms with Gasteiger partial charge in [0.1, 0.15) is 0 Å². The van der Waals surface area contributed by atoms with Crippen molar-refractivity contribution in [3.63, 3.8) is 0 Å². The SMILES string of the molecule is CCCCCCc1nc(C)oc1C(N)=O.Cl.Cl. The first kappa shape index (κ1) is 18.6. The lowest BCUT2D eigenvalue weighted by Gasteiger charge is -1.97. The van der Waals surface area contributed by atoms with E-state index in [-0.39, 0.29) is 30.6 Å². The number of hydrogen-bond acceptors (Lipinski definition) is 3. The summed E-state index contributed by atoms with van der Waals surface area (Å²) >= 11 is 0. The van der Waals surface area contributed by atoms with Crippen LogP contribution in [0.15, 0.2) is 4.42 Å². The van der Waals surface area contributed by atoms with Gasteiger partial charge in [-0.05, 0) is 12.8 Å². The van der Waals surface area contributed by atoms with Gasteiger partial charge < -0.3 is 10.2 Å². The number of carbonyl (C=O) groups is 1. The molecule has 0 aliphatic rings. The summed E-state index contributed by atoms with van der Waals surface area (Å²) in [6.45, 7) is 3.89. The van der Waals surface area contributed by atoms with Crippen LogP contribution in [0.4, 0.5) is 0 Å². The third kappa shape index (κ3) is 5.94. The molecule has 0 aliphatic heterocycles. The predicted octanol–water partition coefficient (Wildman–Crippen LogP) is 3.05. The fraction of sp³-hybridized carbons (Fsp3) is 0.636. The molecule has 0 aliphatic carbocycles. The second kappa shape index (κ2) is 9.31. The number of aromatic nitrogens is 1. The van der Waals surface area contributed by atoms with E-state index in [1.54, 1.807) is 6.92 Å². The summed E-state index contributed by atoms with van der Waals surface area (Å²) in [7, 11) is 0. The van der Waals surface area contributed by atoms with Crippen LogP contribution in [0.3, 0.4) is 0 Å². The number of amides is 1. The summed E-state index contributed by atoms with van der Waals surface area (Å²) in [5.74, 6) is 0.208. The van der Waals surface area contributed by atoms with Crippen LogP contribution < -0.4 is 5.73 Å². The number of unbranched alkanes of at least 4 members (excludes halogenated alkanes) is 3. The van der Waals surface area contributed by atoms with Gasteiger partial charge in [0.25, 0.3) is 5.91 Å². The second-order valence-corrected chi connectivity index (χ2v) is 3.68. The summed E-state index contributed by atoms with van der Waals surface area (Å²) < 4.78 is 5.15. The Morgan fingerprint density at radius 3 is 2.47 bits per heavy atom. The summed E-state index contributed by atoms with van der Waals surface area (Å²) in [6, 6.07) is 0. The maximum Gasteiger partial charge on any atom is 0.286 e. The van der Waals surface area contributed by atoms with E-state index < -0.39 is 5.91 Å². The van der Waals surface area contributed by atoms with Crippen molar-refractivity contribution in [2.24, 2.45) is 5.73 Å². The monoisotopic (exact) mass is 282 g/mol. The molecule has 0 spiro atoms. The Bertz CT molecular complexity index is 340. The van der Waals surface area contributed by atoms with Crippen LogP contribution in [0.5, 0.6) is 0 Å². The van der Waals surface area contributed by atoms with Gasteiger partial charge in [-0.2, -0.15) is 0 Å². The summed E-state index contributed by atoms with van der Waals surface area (Å²) in [5.41, 5.74) is 5.89. The van der Waals surface area contributed by atoms with Gasteiger partial charge in [0.15, 0.2) is 5.89 Å². The van der Waals surface area contributed by atoms with E-state index in [1.807, 2.05) is 0 Å². The Balaban J connectivity index is 0. The molecular weight excluding hydrogens is 263 g/mol. The fourth-order valence-corrected chi connectivity index (χ4v) is 1.55. The number of oxazole rings is 1. The predicted molar refractivity (Wildman–Crippen MR) is 72.1 cm³/mol. The molecule has 1 aromatic heterocycles. The van der Waals surface area contributed by atoms with Crippen molar-refractivity contribution in [2.45, 2.75) is 46.0 Å². The van der Waals surface area contributed by atoms with Crippen molar-refractivity contribution in [1.29, 1.82) is 0 Å². The van der Waals surface area contributed by atoms with E-state index in [9.17, 15) is 4.79 Å². The van der Waals surface area contributed by atoms with Gasteiger partial charge in [0.2, 0.25) is 5.76 Å². The summed E-state index contributed by atoms with van der Waals surface area (Å²) in [5, 5.41) is 0. The van der Waals surface area contributed by atoms with Crippen molar-refractivity contribution in [2.75, 3.05) is 0 Å². The molecule has 17 heavy (non-hydrogen) atoms. The lowest BCUT2D eigenvalue weighted by Crippen LogP contribution is -2.12. The second-order valence-electron chi connectivity index (χ2n) is 3.68. The Kier molecular flexibility index (Phi) is 10.2. The number of halogens is 2. The van der Waals surface area contributed by atoms with E-state index in [0.717, 1.165) is 19.3 Å². The molecule has 0 fully saturated rings. The molecule has 0 aromatic carbocycles. The van der Waals surface area contributed by atoms with Gasteiger partial charge in [-0.25, -0.2) is 4.98 Å². The first-order chi connectivity index (χ1) is 7.15. The lowest BCUT2D eigenvalue weighted by atomic mass is 10.1. The van der Waals surface area contributed by atoms with E-state index in [4.69, 9.17) is 10.2 Å². The number of hydrogen-bond donors (Lipinski definition) is 1. The highest BCUT2D eigenvalue weighted by Gasteiger charge is 2.15. The average molecular weight is 283 g/mol. The Morgan fingerprint density at radius 2 is 1.94 bits per heavy atom. The number of carbonyl (C=O) groups excluding carboxylic acids is 1. The van der Waals surface area contributed by atoms with Crippen molar-refractivity contribution >= 4 is 30.7 Å². The minimum Gasteiger partial charge on any atom is -0.436 e. The molecule has 6 heteroatoms. The minimum absolute atomic E-state index is 0. The third-order valence-electron chi connectivity index (χ3n) is 2.30. The zero-order chi connectivity index (χ0) is 11.3.